The molecular formula is C20H24FN5O2. The zero-order valence-electron chi connectivity index (χ0n) is 15.8. The molecule has 2 N–H and O–H groups in total. The summed E-state index contributed by atoms with van der Waals surface area (Å²) < 4.78 is 19.4. The Bertz CT molecular complexity index is 849. The van der Waals surface area contributed by atoms with Crippen molar-refractivity contribution in [3.63, 3.8) is 0 Å². The smallest absolute Gasteiger partial charge is 0.238 e. The Kier molecular flexibility index (Phi) is 5.50. The minimum atomic E-state index is -0.447. The first-order valence-electron chi connectivity index (χ1n) is 9.63. The van der Waals surface area contributed by atoms with Crippen molar-refractivity contribution >= 4 is 5.91 Å². The van der Waals surface area contributed by atoms with Gasteiger partial charge >= 0.3 is 0 Å². The molecule has 28 heavy (non-hydrogen) atoms. The van der Waals surface area contributed by atoms with E-state index in [1.807, 2.05) is 11.8 Å². The topological polar surface area (TPSA) is 79.4 Å². The van der Waals surface area contributed by atoms with Crippen molar-refractivity contribution in [1.29, 1.82) is 0 Å². The average molecular weight is 385 g/mol. The lowest BCUT2D eigenvalue weighted by Crippen LogP contribution is -2.45. The summed E-state index contributed by atoms with van der Waals surface area (Å²) in [6.07, 6.45) is 5.02. The molecule has 2 aromatic rings. The normalized spacial score (nSPS) is 24.9. The second-order valence-corrected chi connectivity index (χ2v) is 7.36. The van der Waals surface area contributed by atoms with Gasteiger partial charge in [0.15, 0.2) is 11.6 Å². The molecule has 3 atom stereocenters. The zero-order valence-corrected chi connectivity index (χ0v) is 15.8. The van der Waals surface area contributed by atoms with Gasteiger partial charge < -0.3 is 9.64 Å². The molecule has 7 nitrogen and oxygen atoms in total. The summed E-state index contributed by atoms with van der Waals surface area (Å²) in [7, 11) is 0. The van der Waals surface area contributed by atoms with Crippen LogP contribution in [0, 0.1) is 11.7 Å². The molecule has 3 unspecified atom stereocenters. The number of hydrogen-bond acceptors (Lipinski definition) is 6. The number of amides is 1. The maximum Gasteiger partial charge on any atom is 0.238 e. The number of nitrogens with one attached hydrogen (secondary N) is 2. The molecule has 1 amide bonds. The number of ether oxygens (including phenoxy) is 1. The van der Waals surface area contributed by atoms with Gasteiger partial charge in [-0.05, 0) is 31.9 Å². The molecule has 2 fully saturated rings. The van der Waals surface area contributed by atoms with Gasteiger partial charge in [0.2, 0.25) is 11.8 Å². The van der Waals surface area contributed by atoms with Crippen molar-refractivity contribution in [3.05, 3.63) is 48.2 Å². The molecule has 8 heteroatoms. The molecule has 0 aliphatic carbocycles. The van der Waals surface area contributed by atoms with Crippen LogP contribution in [0.15, 0.2) is 36.7 Å². The van der Waals surface area contributed by atoms with Crippen molar-refractivity contribution in [2.45, 2.75) is 31.7 Å². The second-order valence-electron chi connectivity index (χ2n) is 7.36. The number of rotatable bonds is 4. The highest BCUT2D eigenvalue weighted by Gasteiger charge is 2.35. The van der Waals surface area contributed by atoms with E-state index in [0.29, 0.717) is 13.1 Å². The monoisotopic (exact) mass is 385 g/mol. The van der Waals surface area contributed by atoms with Crippen molar-refractivity contribution in [2.75, 3.05) is 19.6 Å². The SMILES string of the molecule is CC1NNCC1C(=O)N1CCCC(c2cncc(Oc3ccccc3F)n2)C1. The van der Waals surface area contributed by atoms with E-state index >= 15 is 0 Å². The van der Waals surface area contributed by atoms with Crippen LogP contribution in [0.3, 0.4) is 0 Å². The Hall–Kier alpha value is -2.58. The largest absolute Gasteiger partial charge is 0.434 e. The number of hydrazine groups is 1. The van der Waals surface area contributed by atoms with Crippen LogP contribution < -0.4 is 15.6 Å². The predicted octanol–water partition coefficient (Wildman–Crippen LogP) is 2.23. The lowest BCUT2D eigenvalue weighted by Gasteiger charge is -2.34. The van der Waals surface area contributed by atoms with Gasteiger partial charge in [0, 0.05) is 37.8 Å². The number of carbonyl (C=O) groups excluding carboxylic acids is 1. The van der Waals surface area contributed by atoms with Crippen LogP contribution >= 0.6 is 0 Å². The van der Waals surface area contributed by atoms with Gasteiger partial charge in [-0.25, -0.2) is 9.37 Å². The fourth-order valence-corrected chi connectivity index (χ4v) is 3.81. The summed E-state index contributed by atoms with van der Waals surface area (Å²) in [6.45, 7) is 4.03. The molecule has 0 spiro atoms. The predicted molar refractivity (Wildman–Crippen MR) is 101 cm³/mol. The molecule has 3 heterocycles. The van der Waals surface area contributed by atoms with Crippen LogP contribution in [0.4, 0.5) is 4.39 Å². The third-order valence-electron chi connectivity index (χ3n) is 5.41. The Balaban J connectivity index is 1.46. The fraction of sp³-hybridized carbons (Fsp3) is 0.450. The molecule has 1 aromatic heterocycles. The molecule has 0 saturated carbocycles. The van der Waals surface area contributed by atoms with Gasteiger partial charge in [0.1, 0.15) is 0 Å². The number of hydrogen-bond donors (Lipinski definition) is 2. The van der Waals surface area contributed by atoms with Gasteiger partial charge in [-0.1, -0.05) is 12.1 Å². The molecule has 2 aliphatic heterocycles. The van der Waals surface area contributed by atoms with E-state index in [1.54, 1.807) is 24.4 Å². The van der Waals surface area contributed by atoms with Gasteiger partial charge in [-0.2, -0.15) is 0 Å². The Morgan fingerprint density at radius 1 is 1.32 bits per heavy atom. The highest BCUT2D eigenvalue weighted by atomic mass is 19.1. The summed E-state index contributed by atoms with van der Waals surface area (Å²) in [5.41, 5.74) is 6.92. The van der Waals surface area contributed by atoms with Crippen LogP contribution in [0.5, 0.6) is 11.6 Å². The van der Waals surface area contributed by atoms with E-state index in [9.17, 15) is 9.18 Å². The third kappa shape index (κ3) is 3.98. The molecule has 4 rings (SSSR count). The minimum Gasteiger partial charge on any atom is -0.434 e. The fourth-order valence-electron chi connectivity index (χ4n) is 3.81. The van der Waals surface area contributed by atoms with E-state index in [-0.39, 0.29) is 35.4 Å². The molecular weight excluding hydrogens is 361 g/mol. The number of piperidine rings is 1. The maximum atomic E-state index is 13.8. The van der Waals surface area contributed by atoms with Crippen molar-refractivity contribution < 1.29 is 13.9 Å². The first-order chi connectivity index (χ1) is 13.6. The number of nitrogens with zero attached hydrogens (tertiary/aromatic N) is 3. The second kappa shape index (κ2) is 8.20. The van der Waals surface area contributed by atoms with Crippen molar-refractivity contribution in [3.8, 4) is 11.6 Å². The Labute approximate surface area is 163 Å². The highest BCUT2D eigenvalue weighted by molar-refractivity contribution is 5.80. The van der Waals surface area contributed by atoms with Crippen LogP contribution in [0.2, 0.25) is 0 Å². The lowest BCUT2D eigenvalue weighted by atomic mass is 9.93. The lowest BCUT2D eigenvalue weighted by molar-refractivity contribution is -0.136. The summed E-state index contributed by atoms with van der Waals surface area (Å²) in [4.78, 5) is 23.5. The minimum absolute atomic E-state index is 0.0550. The number of benzene rings is 1. The number of likely N-dealkylation sites (tertiary alicyclic amines) is 1. The number of para-hydroxylation sites is 1. The summed E-state index contributed by atoms with van der Waals surface area (Å²) >= 11 is 0. The molecule has 2 aliphatic rings. The molecule has 148 valence electrons. The maximum absolute atomic E-state index is 13.8. The van der Waals surface area contributed by atoms with E-state index in [2.05, 4.69) is 20.8 Å². The molecule has 1 aromatic carbocycles. The standard InChI is InChI=1S/C20H24FN5O2/c1-13-15(9-23-25-13)20(27)26-8-4-5-14(12-26)17-10-22-11-19(24-17)28-18-7-3-2-6-16(18)21/h2-3,6-7,10-11,13-15,23,25H,4-5,8-9,12H2,1H3. The first-order valence-corrected chi connectivity index (χ1v) is 9.63. The Morgan fingerprint density at radius 3 is 2.96 bits per heavy atom. The van der Waals surface area contributed by atoms with E-state index in [4.69, 9.17) is 4.74 Å². The quantitative estimate of drug-likeness (QED) is 0.840. The average Bonchev–Trinajstić information content (AvgIpc) is 3.15. The van der Waals surface area contributed by atoms with Gasteiger partial charge in [0.25, 0.3) is 0 Å². The van der Waals surface area contributed by atoms with Gasteiger partial charge in [-0.15, -0.1) is 0 Å². The van der Waals surface area contributed by atoms with Crippen LogP contribution in [0.25, 0.3) is 0 Å². The molecule has 2 saturated heterocycles. The van der Waals surface area contributed by atoms with Crippen LogP contribution in [-0.4, -0.2) is 46.5 Å². The van der Waals surface area contributed by atoms with Crippen molar-refractivity contribution in [2.24, 2.45) is 5.92 Å². The molecule has 0 bridgehead atoms. The third-order valence-corrected chi connectivity index (χ3v) is 5.41. The number of carbonyl (C=O) groups is 1. The van der Waals surface area contributed by atoms with Gasteiger partial charge in [-0.3, -0.25) is 20.6 Å². The summed E-state index contributed by atoms with van der Waals surface area (Å²) in [5.74, 6) is 0.125. The highest BCUT2D eigenvalue weighted by Crippen LogP contribution is 2.29. The summed E-state index contributed by atoms with van der Waals surface area (Å²) in [5, 5.41) is 0. The van der Waals surface area contributed by atoms with Crippen LogP contribution in [-0.2, 0) is 4.79 Å². The van der Waals surface area contributed by atoms with E-state index in [1.165, 1.54) is 12.3 Å². The van der Waals surface area contributed by atoms with Crippen LogP contribution in [0.1, 0.15) is 31.4 Å². The zero-order chi connectivity index (χ0) is 19.5. The van der Waals surface area contributed by atoms with E-state index < -0.39 is 5.82 Å². The molecule has 0 radical (unpaired) electrons. The Morgan fingerprint density at radius 2 is 2.18 bits per heavy atom. The first kappa shape index (κ1) is 18.8. The van der Waals surface area contributed by atoms with Gasteiger partial charge in [0.05, 0.1) is 17.8 Å². The van der Waals surface area contributed by atoms with Crippen molar-refractivity contribution in [1.82, 2.24) is 25.7 Å². The summed E-state index contributed by atoms with van der Waals surface area (Å²) in [6, 6.07) is 6.31. The number of aromatic nitrogens is 2. The van der Waals surface area contributed by atoms with E-state index in [0.717, 1.165) is 25.1 Å². The number of halogens is 1.